The van der Waals surface area contributed by atoms with Crippen LogP contribution in [0.4, 0.5) is 14.5 Å². The first-order valence-electron chi connectivity index (χ1n) is 14.0. The van der Waals surface area contributed by atoms with E-state index in [0.29, 0.717) is 35.2 Å². The van der Waals surface area contributed by atoms with Gasteiger partial charge in [0.2, 0.25) is 5.88 Å². The molecule has 5 heterocycles. The van der Waals surface area contributed by atoms with Crippen LogP contribution in [0.25, 0.3) is 16.9 Å². The summed E-state index contributed by atoms with van der Waals surface area (Å²) in [5.74, 6) is -2.74. The number of benzene rings is 1. The van der Waals surface area contributed by atoms with Gasteiger partial charge >= 0.3 is 0 Å². The van der Waals surface area contributed by atoms with Gasteiger partial charge in [-0.2, -0.15) is 5.10 Å². The molecule has 18 heteroatoms. The minimum atomic E-state index is -4.49. The van der Waals surface area contributed by atoms with Crippen molar-refractivity contribution in [1.29, 1.82) is 0 Å². The lowest BCUT2D eigenvalue weighted by Crippen LogP contribution is -2.38. The number of hydrogen-bond acceptors (Lipinski definition) is 11. The van der Waals surface area contributed by atoms with Crippen molar-refractivity contribution in [3.05, 3.63) is 78.0 Å². The molecule has 1 aliphatic heterocycles. The Labute approximate surface area is 261 Å². The predicted molar refractivity (Wildman–Crippen MR) is 158 cm³/mol. The van der Waals surface area contributed by atoms with Crippen molar-refractivity contribution in [2.24, 2.45) is 0 Å². The van der Waals surface area contributed by atoms with Crippen LogP contribution >= 0.6 is 0 Å². The third kappa shape index (κ3) is 6.77. The zero-order chi connectivity index (χ0) is 32.3. The monoisotopic (exact) mass is 654 g/mol. The van der Waals surface area contributed by atoms with Crippen molar-refractivity contribution in [3.63, 3.8) is 0 Å². The van der Waals surface area contributed by atoms with E-state index in [1.54, 1.807) is 23.0 Å². The highest BCUT2D eigenvalue weighted by Gasteiger charge is 2.23. The summed E-state index contributed by atoms with van der Waals surface area (Å²) in [5, 5.41) is 15.6. The Kier molecular flexibility index (Phi) is 8.82. The fraction of sp³-hybridized carbons (Fsp3) is 0.286. The lowest BCUT2D eigenvalue weighted by atomic mass is 10.2. The van der Waals surface area contributed by atoms with Gasteiger partial charge in [-0.05, 0) is 30.3 Å². The van der Waals surface area contributed by atoms with E-state index < -0.39 is 32.5 Å². The van der Waals surface area contributed by atoms with Gasteiger partial charge in [0, 0.05) is 37.5 Å². The molecule has 2 N–H and O–H groups in total. The third-order valence-electron chi connectivity index (χ3n) is 7.13. The van der Waals surface area contributed by atoms with Crippen molar-refractivity contribution in [2.75, 3.05) is 44.7 Å². The highest BCUT2D eigenvalue weighted by molar-refractivity contribution is 7.92. The Morgan fingerprint density at radius 3 is 2.67 bits per heavy atom. The van der Waals surface area contributed by atoms with Gasteiger partial charge in [-0.25, -0.2) is 31.7 Å². The Balaban J connectivity index is 1.17. The van der Waals surface area contributed by atoms with Crippen LogP contribution in [0.1, 0.15) is 16.2 Å². The average Bonchev–Trinajstić information content (AvgIpc) is 3.69. The number of rotatable bonds is 11. The summed E-state index contributed by atoms with van der Waals surface area (Å²) in [6, 6.07) is 6.74. The molecule has 1 aliphatic rings. The van der Waals surface area contributed by atoms with Gasteiger partial charge in [-0.3, -0.25) is 19.1 Å². The van der Waals surface area contributed by atoms with Crippen LogP contribution in [0.3, 0.4) is 0 Å². The number of nitrogens with zero attached hydrogens (tertiary/aromatic N) is 8. The second-order valence-electron chi connectivity index (χ2n) is 10.2. The van der Waals surface area contributed by atoms with E-state index in [2.05, 4.69) is 40.3 Å². The number of ether oxygens (including phenoxy) is 2. The summed E-state index contributed by atoms with van der Waals surface area (Å²) in [4.78, 5) is 23.0. The number of anilines is 1. The molecular weight excluding hydrogens is 626 g/mol. The minimum absolute atomic E-state index is 0.100. The quantitative estimate of drug-likeness (QED) is 0.213. The molecule has 0 saturated carbocycles. The molecule has 0 aliphatic carbocycles. The molecule has 0 atom stereocenters. The first kappa shape index (κ1) is 30.9. The van der Waals surface area contributed by atoms with Crippen LogP contribution in [-0.4, -0.2) is 93.8 Å². The fourth-order valence-corrected chi connectivity index (χ4v) is 5.87. The minimum Gasteiger partial charge on any atom is -0.480 e. The van der Waals surface area contributed by atoms with Crippen molar-refractivity contribution in [1.82, 2.24) is 44.8 Å². The molecule has 1 amide bonds. The maximum Gasteiger partial charge on any atom is 0.271 e. The summed E-state index contributed by atoms with van der Waals surface area (Å²) < 4.78 is 69.3. The van der Waals surface area contributed by atoms with Gasteiger partial charge in [-0.15, -0.1) is 5.10 Å². The average molecular weight is 655 g/mol. The number of aromatic nitrogens is 7. The number of morpholine rings is 1. The molecule has 4 aromatic heterocycles. The SMILES string of the molecule is COc1ncc(-c2ccc3ncc(C(=O)NCc4cn(CCN5CCOCC5)nn4)n3n2)cc1NS(=O)(=O)c1ccc(F)cc1F. The Morgan fingerprint density at radius 1 is 1.07 bits per heavy atom. The van der Waals surface area contributed by atoms with Gasteiger partial charge in [0.15, 0.2) is 5.65 Å². The number of pyridine rings is 1. The highest BCUT2D eigenvalue weighted by atomic mass is 32.2. The Bertz CT molecular complexity index is 2000. The van der Waals surface area contributed by atoms with Gasteiger partial charge in [0.05, 0.1) is 51.5 Å². The molecule has 6 rings (SSSR count). The van der Waals surface area contributed by atoms with Crippen molar-refractivity contribution >= 4 is 27.3 Å². The summed E-state index contributed by atoms with van der Waals surface area (Å²) in [7, 11) is -3.21. The molecule has 0 radical (unpaired) electrons. The lowest BCUT2D eigenvalue weighted by molar-refractivity contribution is 0.0359. The number of amides is 1. The van der Waals surface area contributed by atoms with Gasteiger partial charge in [0.25, 0.3) is 15.9 Å². The second-order valence-corrected chi connectivity index (χ2v) is 11.9. The van der Waals surface area contributed by atoms with Gasteiger partial charge in [0.1, 0.15) is 33.6 Å². The number of methoxy groups -OCH3 is 1. The molecule has 0 spiro atoms. The molecule has 1 fully saturated rings. The van der Waals surface area contributed by atoms with E-state index in [-0.39, 0.29) is 23.8 Å². The predicted octanol–water partition coefficient (Wildman–Crippen LogP) is 1.73. The normalized spacial score (nSPS) is 14.0. The van der Waals surface area contributed by atoms with Crippen LogP contribution < -0.4 is 14.8 Å². The maximum atomic E-state index is 14.3. The molecule has 15 nitrogen and oxygen atoms in total. The molecule has 1 saturated heterocycles. The van der Waals surface area contributed by atoms with Crippen LogP contribution in [0.5, 0.6) is 5.88 Å². The number of carbonyl (C=O) groups excluding carboxylic acids is 1. The van der Waals surface area contributed by atoms with E-state index in [4.69, 9.17) is 9.47 Å². The summed E-state index contributed by atoms with van der Waals surface area (Å²) >= 11 is 0. The number of fused-ring (bicyclic) bond motifs is 1. The standard InChI is InChI=1S/C28H28F2N10O5S/c1-44-28-23(36-46(42,43)25-4-2-19(29)13-21(25)30)12-18(14-33-28)22-3-5-26-31-16-24(40(26)35-22)27(41)32-15-20-17-39(37-34-20)7-6-38-8-10-45-11-9-38/h2-5,12-14,16-17,36H,6-11,15H2,1H3,(H,32,41). The topological polar surface area (TPSA) is 171 Å². The number of halogens is 2. The number of nitrogens with one attached hydrogen (secondary N) is 2. The largest absolute Gasteiger partial charge is 0.480 e. The number of hydrogen-bond donors (Lipinski definition) is 2. The van der Waals surface area contributed by atoms with Crippen molar-refractivity contribution in [2.45, 2.75) is 18.0 Å². The van der Waals surface area contributed by atoms with Crippen LogP contribution in [0, 0.1) is 11.6 Å². The van der Waals surface area contributed by atoms with Crippen molar-refractivity contribution < 1.29 is 31.5 Å². The van der Waals surface area contributed by atoms with E-state index in [0.717, 1.165) is 45.0 Å². The molecule has 0 unspecified atom stereocenters. The summed E-state index contributed by atoms with van der Waals surface area (Å²) in [6.45, 7) is 4.79. The lowest BCUT2D eigenvalue weighted by Gasteiger charge is -2.26. The highest BCUT2D eigenvalue weighted by Crippen LogP contribution is 2.30. The molecule has 0 bridgehead atoms. The molecular formula is C28H28F2N10O5S. The van der Waals surface area contributed by atoms with E-state index in [1.165, 1.54) is 30.1 Å². The van der Waals surface area contributed by atoms with E-state index in [9.17, 15) is 22.0 Å². The van der Waals surface area contributed by atoms with Crippen LogP contribution in [0.15, 0.2) is 59.9 Å². The zero-order valence-electron chi connectivity index (χ0n) is 24.4. The number of carbonyl (C=O) groups is 1. The second kappa shape index (κ2) is 13.1. The smallest absolute Gasteiger partial charge is 0.271 e. The summed E-state index contributed by atoms with van der Waals surface area (Å²) in [5.41, 5.74) is 1.65. The van der Waals surface area contributed by atoms with Crippen LogP contribution in [0.2, 0.25) is 0 Å². The van der Waals surface area contributed by atoms with Crippen LogP contribution in [-0.2, 0) is 27.8 Å². The van der Waals surface area contributed by atoms with E-state index >= 15 is 0 Å². The number of imidazole rings is 1. The fourth-order valence-electron chi connectivity index (χ4n) is 4.76. The van der Waals surface area contributed by atoms with Crippen molar-refractivity contribution in [3.8, 4) is 17.1 Å². The van der Waals surface area contributed by atoms with Gasteiger partial charge < -0.3 is 14.8 Å². The zero-order valence-corrected chi connectivity index (χ0v) is 25.2. The Hall–Kier alpha value is -5.07. The molecule has 1 aromatic carbocycles. The summed E-state index contributed by atoms with van der Waals surface area (Å²) in [6.07, 6.45) is 4.55. The number of sulfonamides is 1. The third-order valence-corrected chi connectivity index (χ3v) is 8.53. The first-order valence-corrected chi connectivity index (χ1v) is 15.5. The first-order chi connectivity index (χ1) is 22.2. The molecule has 240 valence electrons. The Morgan fingerprint density at radius 2 is 1.89 bits per heavy atom. The molecule has 5 aromatic rings. The molecule has 46 heavy (non-hydrogen) atoms. The maximum absolute atomic E-state index is 14.3. The van der Waals surface area contributed by atoms with Gasteiger partial charge in [-0.1, -0.05) is 5.21 Å². The van der Waals surface area contributed by atoms with E-state index in [1.807, 2.05) is 0 Å².